The molecule has 0 amide bonds. The van der Waals surface area contributed by atoms with Gasteiger partial charge < -0.3 is 0 Å². The largest absolute Gasteiger partial charge is 0.103 e. The van der Waals surface area contributed by atoms with Crippen molar-refractivity contribution in [1.82, 2.24) is 0 Å². The molecule has 0 heteroatoms. The van der Waals surface area contributed by atoms with Gasteiger partial charge in [-0.2, -0.15) is 0 Å². The van der Waals surface area contributed by atoms with Gasteiger partial charge in [-0.15, -0.1) is 6.58 Å². The van der Waals surface area contributed by atoms with Crippen LogP contribution in [-0.2, 0) is 19.3 Å². The Labute approximate surface area is 111 Å². The van der Waals surface area contributed by atoms with E-state index in [1.165, 1.54) is 44.9 Å². The van der Waals surface area contributed by atoms with Crippen molar-refractivity contribution in [2.45, 2.75) is 51.4 Å². The first kappa shape index (κ1) is 12.0. The second kappa shape index (κ2) is 5.30. The Kier molecular flexibility index (Phi) is 3.54. The average molecular weight is 240 g/mol. The normalized spacial score (nSPS) is 18.9. The third kappa shape index (κ3) is 3.04. The summed E-state index contributed by atoms with van der Waals surface area (Å²) in [5.41, 5.74) is 4.94. The molecule has 18 heavy (non-hydrogen) atoms. The maximum atomic E-state index is 3.88. The maximum absolute atomic E-state index is 3.88. The van der Waals surface area contributed by atoms with E-state index in [1.807, 2.05) is 0 Å². The van der Waals surface area contributed by atoms with E-state index in [0.717, 1.165) is 18.3 Å². The third-order valence-electron chi connectivity index (χ3n) is 4.38. The summed E-state index contributed by atoms with van der Waals surface area (Å²) >= 11 is 0. The first-order valence-electron chi connectivity index (χ1n) is 7.57. The van der Waals surface area contributed by atoms with Crippen LogP contribution in [0.3, 0.4) is 0 Å². The van der Waals surface area contributed by atoms with Crippen LogP contribution in [-0.4, -0.2) is 0 Å². The van der Waals surface area contributed by atoms with Gasteiger partial charge in [0.05, 0.1) is 0 Å². The van der Waals surface area contributed by atoms with Gasteiger partial charge in [-0.05, 0) is 79.9 Å². The molecule has 0 radical (unpaired) electrons. The van der Waals surface area contributed by atoms with Crippen molar-refractivity contribution in [3.05, 3.63) is 47.5 Å². The average Bonchev–Trinajstić information content (AvgIpc) is 3.23. The van der Waals surface area contributed by atoms with Crippen LogP contribution in [0.5, 0.6) is 0 Å². The first-order chi connectivity index (χ1) is 8.86. The van der Waals surface area contributed by atoms with Gasteiger partial charge >= 0.3 is 0 Å². The molecule has 0 saturated heterocycles. The van der Waals surface area contributed by atoms with Gasteiger partial charge in [-0.25, -0.2) is 0 Å². The van der Waals surface area contributed by atoms with Crippen molar-refractivity contribution in [2.24, 2.45) is 11.8 Å². The molecule has 2 aliphatic carbocycles. The lowest BCUT2D eigenvalue weighted by Gasteiger charge is -2.14. The maximum Gasteiger partial charge on any atom is -0.0239 e. The second-order valence-electron chi connectivity index (χ2n) is 6.18. The summed E-state index contributed by atoms with van der Waals surface area (Å²) in [6, 6.07) is 7.02. The first-order valence-corrected chi connectivity index (χ1v) is 7.57. The van der Waals surface area contributed by atoms with Crippen LogP contribution in [0.2, 0.25) is 0 Å². The minimum atomic E-state index is 0.989. The summed E-state index contributed by atoms with van der Waals surface area (Å²) in [7, 11) is 0. The van der Waals surface area contributed by atoms with Crippen LogP contribution < -0.4 is 0 Å². The molecule has 96 valence electrons. The minimum Gasteiger partial charge on any atom is -0.103 e. The fourth-order valence-corrected chi connectivity index (χ4v) is 2.90. The standard InChI is InChI=1S/C18H24/c1-2-3-7-18-16(12-14-8-9-14)5-4-6-17(18)13-15-10-11-15/h2,4-6,14-15H,1,3,7-13H2. The molecule has 2 aliphatic rings. The van der Waals surface area contributed by atoms with Crippen molar-refractivity contribution in [3.8, 4) is 0 Å². The molecule has 3 rings (SSSR count). The summed E-state index contributed by atoms with van der Waals surface area (Å²) in [6.07, 6.45) is 12.8. The Balaban J connectivity index is 1.81. The fourth-order valence-electron chi connectivity index (χ4n) is 2.90. The highest BCUT2D eigenvalue weighted by molar-refractivity contribution is 5.37. The lowest BCUT2D eigenvalue weighted by molar-refractivity contribution is 0.781. The van der Waals surface area contributed by atoms with Gasteiger partial charge in [-0.1, -0.05) is 24.3 Å². The third-order valence-corrected chi connectivity index (χ3v) is 4.38. The van der Waals surface area contributed by atoms with Crippen LogP contribution in [0.15, 0.2) is 30.9 Å². The van der Waals surface area contributed by atoms with E-state index in [2.05, 4.69) is 30.9 Å². The van der Waals surface area contributed by atoms with E-state index in [9.17, 15) is 0 Å². The van der Waals surface area contributed by atoms with Crippen LogP contribution in [0, 0.1) is 11.8 Å². The molecule has 2 saturated carbocycles. The van der Waals surface area contributed by atoms with E-state index in [4.69, 9.17) is 0 Å². The van der Waals surface area contributed by atoms with Gasteiger partial charge in [0, 0.05) is 0 Å². The summed E-state index contributed by atoms with van der Waals surface area (Å²) < 4.78 is 0. The van der Waals surface area contributed by atoms with E-state index in [1.54, 1.807) is 16.7 Å². The highest BCUT2D eigenvalue weighted by Gasteiger charge is 2.25. The Bertz CT molecular complexity index is 389. The molecule has 0 bridgehead atoms. The van der Waals surface area contributed by atoms with Crippen LogP contribution in [0.4, 0.5) is 0 Å². The Morgan fingerprint density at radius 2 is 1.56 bits per heavy atom. The topological polar surface area (TPSA) is 0 Å². The van der Waals surface area contributed by atoms with Gasteiger partial charge in [0.1, 0.15) is 0 Å². The van der Waals surface area contributed by atoms with Crippen LogP contribution >= 0.6 is 0 Å². The quantitative estimate of drug-likeness (QED) is 0.605. The second-order valence-corrected chi connectivity index (χ2v) is 6.18. The summed E-state index contributed by atoms with van der Waals surface area (Å²) in [6.45, 7) is 3.88. The summed E-state index contributed by atoms with van der Waals surface area (Å²) in [5, 5.41) is 0. The number of allylic oxidation sites excluding steroid dienone is 1. The molecule has 0 nitrogen and oxygen atoms in total. The Morgan fingerprint density at radius 3 is 2.00 bits per heavy atom. The number of rotatable bonds is 7. The van der Waals surface area contributed by atoms with Gasteiger partial charge in [0.2, 0.25) is 0 Å². The smallest absolute Gasteiger partial charge is 0.0239 e. The zero-order chi connectivity index (χ0) is 12.4. The molecule has 1 aromatic carbocycles. The SMILES string of the molecule is C=CCCc1c(CC2CC2)cccc1CC1CC1. The van der Waals surface area contributed by atoms with Gasteiger partial charge in [0.15, 0.2) is 0 Å². The summed E-state index contributed by atoms with van der Waals surface area (Å²) in [5.74, 6) is 1.98. The minimum absolute atomic E-state index is 0.989. The van der Waals surface area contributed by atoms with Crippen molar-refractivity contribution >= 4 is 0 Å². The van der Waals surface area contributed by atoms with E-state index >= 15 is 0 Å². The van der Waals surface area contributed by atoms with Gasteiger partial charge in [0.25, 0.3) is 0 Å². The molecule has 0 aromatic heterocycles. The summed E-state index contributed by atoms with van der Waals surface area (Å²) in [4.78, 5) is 0. The van der Waals surface area contributed by atoms with Crippen LogP contribution in [0.1, 0.15) is 48.8 Å². The molecular formula is C18H24. The van der Waals surface area contributed by atoms with E-state index in [0.29, 0.717) is 0 Å². The van der Waals surface area contributed by atoms with Crippen molar-refractivity contribution in [3.63, 3.8) is 0 Å². The Morgan fingerprint density at radius 1 is 1.00 bits per heavy atom. The Hall–Kier alpha value is -1.04. The molecular weight excluding hydrogens is 216 g/mol. The molecule has 2 fully saturated rings. The molecule has 0 heterocycles. The molecule has 0 unspecified atom stereocenters. The van der Waals surface area contributed by atoms with Gasteiger partial charge in [-0.3, -0.25) is 0 Å². The predicted octanol–water partition coefficient (Wildman–Crippen LogP) is 4.71. The highest BCUT2D eigenvalue weighted by atomic mass is 14.3. The number of hydrogen-bond donors (Lipinski definition) is 0. The van der Waals surface area contributed by atoms with Crippen LogP contribution in [0.25, 0.3) is 0 Å². The van der Waals surface area contributed by atoms with E-state index < -0.39 is 0 Å². The lowest BCUT2D eigenvalue weighted by atomic mass is 9.91. The zero-order valence-electron chi connectivity index (χ0n) is 11.3. The zero-order valence-corrected chi connectivity index (χ0v) is 11.3. The van der Waals surface area contributed by atoms with Crippen molar-refractivity contribution in [1.29, 1.82) is 0 Å². The molecule has 0 atom stereocenters. The lowest BCUT2D eigenvalue weighted by Crippen LogP contribution is -2.02. The monoisotopic (exact) mass is 240 g/mol. The fraction of sp³-hybridized carbons (Fsp3) is 0.556. The van der Waals surface area contributed by atoms with E-state index in [-0.39, 0.29) is 0 Å². The number of hydrogen-bond acceptors (Lipinski definition) is 0. The molecule has 0 spiro atoms. The predicted molar refractivity (Wildman–Crippen MR) is 77.8 cm³/mol. The van der Waals surface area contributed by atoms with Crippen molar-refractivity contribution < 1.29 is 0 Å². The molecule has 0 N–H and O–H groups in total. The highest BCUT2D eigenvalue weighted by Crippen LogP contribution is 2.37. The van der Waals surface area contributed by atoms with Crippen molar-refractivity contribution in [2.75, 3.05) is 0 Å². The number of benzene rings is 1. The molecule has 1 aromatic rings. The molecule has 0 aliphatic heterocycles.